The molecule has 2 unspecified atom stereocenters. The Balaban J connectivity index is 2.02. The third-order valence-electron chi connectivity index (χ3n) is 3.70. The molecular formula is C11H23N3O2S. The van der Waals surface area contributed by atoms with Crippen molar-refractivity contribution >= 4 is 10.2 Å². The quantitative estimate of drug-likeness (QED) is 0.768. The van der Waals surface area contributed by atoms with Gasteiger partial charge in [-0.3, -0.25) is 0 Å². The molecule has 100 valence electrons. The van der Waals surface area contributed by atoms with Gasteiger partial charge in [0.15, 0.2) is 0 Å². The first-order chi connectivity index (χ1) is 7.91. The maximum absolute atomic E-state index is 12.3. The first-order valence-electron chi connectivity index (χ1n) is 6.41. The van der Waals surface area contributed by atoms with E-state index in [4.69, 9.17) is 0 Å². The van der Waals surface area contributed by atoms with Crippen LogP contribution < -0.4 is 10.0 Å². The molecule has 0 bridgehead atoms. The van der Waals surface area contributed by atoms with Crippen molar-refractivity contribution in [2.45, 2.75) is 38.6 Å². The second-order valence-electron chi connectivity index (χ2n) is 5.70. The van der Waals surface area contributed by atoms with E-state index in [1.807, 2.05) is 6.92 Å². The number of hydrogen-bond donors (Lipinski definition) is 2. The number of nitrogens with zero attached hydrogens (tertiary/aromatic N) is 1. The molecule has 2 fully saturated rings. The molecule has 6 heteroatoms. The molecule has 0 saturated carbocycles. The van der Waals surface area contributed by atoms with Crippen LogP contribution in [0.15, 0.2) is 0 Å². The highest BCUT2D eigenvalue weighted by atomic mass is 32.2. The van der Waals surface area contributed by atoms with Crippen LogP contribution in [0.4, 0.5) is 0 Å². The monoisotopic (exact) mass is 261 g/mol. The fraction of sp³-hybridized carbons (Fsp3) is 1.00. The largest absolute Gasteiger partial charge is 0.315 e. The summed E-state index contributed by atoms with van der Waals surface area (Å²) in [6, 6.07) is 0. The first kappa shape index (κ1) is 13.3. The number of nitrogens with one attached hydrogen (secondary N) is 2. The summed E-state index contributed by atoms with van der Waals surface area (Å²) in [5.41, 5.74) is -0.320. The Morgan fingerprint density at radius 3 is 2.82 bits per heavy atom. The van der Waals surface area contributed by atoms with Crippen LogP contribution in [0, 0.1) is 5.92 Å². The Morgan fingerprint density at radius 1 is 1.47 bits per heavy atom. The Hall–Kier alpha value is -0.170. The van der Waals surface area contributed by atoms with Crippen LogP contribution in [-0.2, 0) is 10.2 Å². The summed E-state index contributed by atoms with van der Waals surface area (Å²) in [6.45, 7) is 6.99. The van der Waals surface area contributed by atoms with Crippen LogP contribution >= 0.6 is 0 Å². The molecule has 17 heavy (non-hydrogen) atoms. The predicted octanol–water partition coefficient (Wildman–Crippen LogP) is 0.305. The predicted molar refractivity (Wildman–Crippen MR) is 67.9 cm³/mol. The summed E-state index contributed by atoms with van der Waals surface area (Å²) in [4.78, 5) is 0. The van der Waals surface area contributed by atoms with Crippen molar-refractivity contribution in [2.75, 3.05) is 26.2 Å². The SMILES string of the molecule is CC1CCCN(S(=O)(=O)NC2(C)CCNC2)C1. The fourth-order valence-electron chi connectivity index (χ4n) is 2.64. The van der Waals surface area contributed by atoms with Gasteiger partial charge in [0.1, 0.15) is 0 Å². The van der Waals surface area contributed by atoms with E-state index >= 15 is 0 Å². The normalized spacial score (nSPS) is 36.2. The molecule has 2 rings (SSSR count). The smallest absolute Gasteiger partial charge is 0.279 e. The lowest BCUT2D eigenvalue weighted by Crippen LogP contribution is -2.54. The molecular weight excluding hydrogens is 238 g/mol. The van der Waals surface area contributed by atoms with Crippen molar-refractivity contribution in [3.05, 3.63) is 0 Å². The Labute approximate surface area is 104 Å². The molecule has 0 radical (unpaired) electrons. The van der Waals surface area contributed by atoms with Crippen molar-refractivity contribution in [3.63, 3.8) is 0 Å². The Bertz CT molecular complexity index is 363. The zero-order valence-corrected chi connectivity index (χ0v) is 11.5. The summed E-state index contributed by atoms with van der Waals surface area (Å²) in [6.07, 6.45) is 2.96. The van der Waals surface area contributed by atoms with Gasteiger partial charge in [-0.1, -0.05) is 6.92 Å². The lowest BCUT2D eigenvalue weighted by atomic mass is 10.0. The third-order valence-corrected chi connectivity index (χ3v) is 5.47. The van der Waals surface area contributed by atoms with E-state index in [0.29, 0.717) is 19.0 Å². The van der Waals surface area contributed by atoms with Crippen LogP contribution in [0.3, 0.4) is 0 Å². The van der Waals surface area contributed by atoms with Gasteiger partial charge in [0.2, 0.25) is 0 Å². The van der Waals surface area contributed by atoms with Gasteiger partial charge in [-0.15, -0.1) is 0 Å². The third kappa shape index (κ3) is 3.19. The first-order valence-corrected chi connectivity index (χ1v) is 7.85. The zero-order chi connectivity index (χ0) is 12.5. The maximum atomic E-state index is 12.3. The van der Waals surface area contributed by atoms with Gasteiger partial charge in [0, 0.05) is 25.2 Å². The standard InChI is InChI=1S/C11H23N3O2S/c1-10-4-3-7-14(8-10)17(15,16)13-11(2)5-6-12-9-11/h10,12-13H,3-9H2,1-2H3. The molecule has 2 aliphatic heterocycles. The molecule has 2 aliphatic rings. The molecule has 2 N–H and O–H groups in total. The molecule has 0 aliphatic carbocycles. The van der Waals surface area contributed by atoms with E-state index in [0.717, 1.165) is 32.4 Å². The van der Waals surface area contributed by atoms with E-state index in [9.17, 15) is 8.42 Å². The summed E-state index contributed by atoms with van der Waals surface area (Å²) < 4.78 is 29.0. The highest BCUT2D eigenvalue weighted by molar-refractivity contribution is 7.87. The molecule has 0 spiro atoms. The highest BCUT2D eigenvalue weighted by Gasteiger charge is 2.36. The maximum Gasteiger partial charge on any atom is 0.279 e. The van der Waals surface area contributed by atoms with Crippen LogP contribution in [0.2, 0.25) is 0 Å². The van der Waals surface area contributed by atoms with Crippen molar-refractivity contribution in [1.29, 1.82) is 0 Å². The number of rotatable bonds is 3. The second kappa shape index (κ2) is 4.84. The molecule has 5 nitrogen and oxygen atoms in total. The molecule has 0 aromatic carbocycles. The molecule has 2 saturated heterocycles. The lowest BCUT2D eigenvalue weighted by Gasteiger charge is -2.33. The lowest BCUT2D eigenvalue weighted by molar-refractivity contribution is 0.272. The van der Waals surface area contributed by atoms with Gasteiger partial charge in [-0.05, 0) is 38.6 Å². The van der Waals surface area contributed by atoms with Gasteiger partial charge in [0.25, 0.3) is 10.2 Å². The minimum absolute atomic E-state index is 0.320. The second-order valence-corrected chi connectivity index (χ2v) is 7.37. The van der Waals surface area contributed by atoms with Crippen molar-refractivity contribution < 1.29 is 8.42 Å². The topological polar surface area (TPSA) is 61.4 Å². The van der Waals surface area contributed by atoms with Crippen molar-refractivity contribution in [2.24, 2.45) is 5.92 Å². The van der Waals surface area contributed by atoms with Crippen LogP contribution in [0.5, 0.6) is 0 Å². The van der Waals surface area contributed by atoms with Gasteiger partial charge >= 0.3 is 0 Å². The Morgan fingerprint density at radius 2 is 2.24 bits per heavy atom. The van der Waals surface area contributed by atoms with E-state index in [1.54, 1.807) is 4.31 Å². The van der Waals surface area contributed by atoms with Crippen LogP contribution in [0.25, 0.3) is 0 Å². The van der Waals surface area contributed by atoms with Crippen molar-refractivity contribution in [3.8, 4) is 0 Å². The minimum Gasteiger partial charge on any atom is -0.315 e. The molecule has 0 aromatic rings. The van der Waals surface area contributed by atoms with Gasteiger partial charge in [0.05, 0.1) is 0 Å². The van der Waals surface area contributed by atoms with E-state index in [-0.39, 0.29) is 5.54 Å². The average Bonchev–Trinajstić information content (AvgIpc) is 2.64. The molecule has 2 atom stereocenters. The molecule has 0 aromatic heterocycles. The van der Waals surface area contributed by atoms with Gasteiger partial charge in [-0.2, -0.15) is 17.4 Å². The molecule has 0 amide bonds. The number of piperidine rings is 1. The van der Waals surface area contributed by atoms with Gasteiger partial charge in [-0.25, -0.2) is 0 Å². The fourth-order valence-corrected chi connectivity index (χ4v) is 4.39. The minimum atomic E-state index is -3.31. The van der Waals surface area contributed by atoms with E-state index < -0.39 is 10.2 Å². The number of hydrogen-bond acceptors (Lipinski definition) is 3. The zero-order valence-electron chi connectivity index (χ0n) is 10.7. The van der Waals surface area contributed by atoms with Crippen molar-refractivity contribution in [1.82, 2.24) is 14.3 Å². The van der Waals surface area contributed by atoms with E-state index in [1.165, 1.54) is 0 Å². The highest BCUT2D eigenvalue weighted by Crippen LogP contribution is 2.21. The summed E-state index contributed by atoms with van der Waals surface area (Å²) in [7, 11) is -3.31. The van der Waals surface area contributed by atoms with Gasteiger partial charge < -0.3 is 5.32 Å². The summed E-state index contributed by atoms with van der Waals surface area (Å²) >= 11 is 0. The summed E-state index contributed by atoms with van der Waals surface area (Å²) in [5.74, 6) is 0.467. The summed E-state index contributed by atoms with van der Waals surface area (Å²) in [5, 5.41) is 3.20. The molecule has 2 heterocycles. The Kier molecular flexibility index (Phi) is 3.77. The van der Waals surface area contributed by atoms with Crippen LogP contribution in [0.1, 0.15) is 33.1 Å². The van der Waals surface area contributed by atoms with E-state index in [2.05, 4.69) is 17.0 Å². The average molecular weight is 261 g/mol. The van der Waals surface area contributed by atoms with Crippen LogP contribution in [-0.4, -0.2) is 44.4 Å².